The van der Waals surface area contributed by atoms with Gasteiger partial charge in [-0.15, -0.1) is 0 Å². The van der Waals surface area contributed by atoms with Gasteiger partial charge in [0.25, 0.3) is 0 Å². The molecule has 0 radical (unpaired) electrons. The van der Waals surface area contributed by atoms with Crippen molar-refractivity contribution in [2.24, 2.45) is 0 Å². The highest BCUT2D eigenvalue weighted by Gasteiger charge is 2.29. The molecule has 1 aliphatic heterocycles. The van der Waals surface area contributed by atoms with Gasteiger partial charge in [-0.2, -0.15) is 0 Å². The van der Waals surface area contributed by atoms with E-state index in [1.54, 1.807) is 12.1 Å². The van der Waals surface area contributed by atoms with Crippen LogP contribution in [0.4, 0.5) is 11.4 Å². The fourth-order valence-corrected chi connectivity index (χ4v) is 2.19. The summed E-state index contributed by atoms with van der Waals surface area (Å²) in [5.41, 5.74) is 1.17. The van der Waals surface area contributed by atoms with E-state index < -0.39 is 4.92 Å². The summed E-state index contributed by atoms with van der Waals surface area (Å²) in [5, 5.41) is 19.7. The number of rotatable bonds is 4. The highest BCUT2D eigenvalue weighted by atomic mass is 35.5. The molecule has 106 valence electrons. The Morgan fingerprint density at radius 1 is 1.30 bits per heavy atom. The molecule has 0 aliphatic carbocycles. The lowest BCUT2D eigenvalue weighted by molar-refractivity contribution is -0.420. The first-order valence-electron chi connectivity index (χ1n) is 5.85. The molecule has 1 aliphatic rings. The smallest absolute Gasteiger partial charge is 0.331 e. The zero-order chi connectivity index (χ0) is 14.7. The quantitative estimate of drug-likeness (QED) is 0.452. The Bertz CT molecular complexity index is 586. The number of nitrogens with one attached hydrogen (secondary N) is 3. The average molecular weight is 315 g/mol. The number of anilines is 2. The van der Waals surface area contributed by atoms with Gasteiger partial charge in [-0.1, -0.05) is 35.3 Å². The van der Waals surface area contributed by atoms with Crippen molar-refractivity contribution in [2.45, 2.75) is 6.92 Å². The largest absolute Gasteiger partial charge is 0.375 e. The van der Waals surface area contributed by atoms with Gasteiger partial charge >= 0.3 is 5.70 Å². The van der Waals surface area contributed by atoms with Crippen molar-refractivity contribution in [3.8, 4) is 0 Å². The summed E-state index contributed by atoms with van der Waals surface area (Å²) < 4.78 is 0. The Balaban J connectivity index is 2.44. The lowest BCUT2D eigenvalue weighted by Gasteiger charge is -2.06. The SMILES string of the molecule is CCN/C(Cl)=C(/Cl)C(=C1Nc2ccccc2N1)[N+](=O)[O-]. The van der Waals surface area contributed by atoms with Crippen LogP contribution in [0.25, 0.3) is 0 Å². The summed E-state index contributed by atoms with van der Waals surface area (Å²) in [6.07, 6.45) is 0. The van der Waals surface area contributed by atoms with Crippen molar-refractivity contribution in [2.75, 3.05) is 17.2 Å². The maximum Gasteiger partial charge on any atom is 0.331 e. The van der Waals surface area contributed by atoms with Gasteiger partial charge in [-0.05, 0) is 19.1 Å². The number of allylic oxidation sites excluding steroid dienone is 1. The molecule has 0 saturated heterocycles. The van der Waals surface area contributed by atoms with Gasteiger partial charge in [0.2, 0.25) is 0 Å². The predicted molar refractivity (Wildman–Crippen MR) is 80.1 cm³/mol. The topological polar surface area (TPSA) is 79.2 Å². The van der Waals surface area contributed by atoms with Crippen LogP contribution in [0.2, 0.25) is 0 Å². The second kappa shape index (κ2) is 6.02. The third-order valence-electron chi connectivity index (χ3n) is 2.60. The van der Waals surface area contributed by atoms with Gasteiger partial charge in [0.1, 0.15) is 5.16 Å². The first-order chi connectivity index (χ1) is 9.54. The van der Waals surface area contributed by atoms with Crippen LogP contribution in [0.5, 0.6) is 0 Å². The number of benzene rings is 1. The third kappa shape index (κ3) is 2.81. The van der Waals surface area contributed by atoms with Crippen molar-refractivity contribution in [3.63, 3.8) is 0 Å². The first kappa shape index (κ1) is 14.5. The van der Waals surface area contributed by atoms with Crippen LogP contribution in [-0.4, -0.2) is 11.5 Å². The van der Waals surface area contributed by atoms with E-state index in [0.717, 1.165) is 11.4 Å². The summed E-state index contributed by atoms with van der Waals surface area (Å²) >= 11 is 11.9. The average Bonchev–Trinajstić information content (AvgIpc) is 2.81. The Labute approximate surface area is 125 Å². The number of halogens is 2. The molecule has 0 bridgehead atoms. The van der Waals surface area contributed by atoms with Gasteiger partial charge in [-0.25, -0.2) is 0 Å². The molecule has 0 spiro atoms. The Morgan fingerprint density at radius 3 is 2.30 bits per heavy atom. The second-order valence-electron chi connectivity index (χ2n) is 3.93. The maximum absolute atomic E-state index is 11.3. The van der Waals surface area contributed by atoms with E-state index in [1.807, 2.05) is 19.1 Å². The number of hydrogen-bond acceptors (Lipinski definition) is 5. The van der Waals surface area contributed by atoms with Crippen LogP contribution >= 0.6 is 23.2 Å². The zero-order valence-corrected chi connectivity index (χ0v) is 12.0. The summed E-state index contributed by atoms with van der Waals surface area (Å²) in [6, 6.07) is 7.25. The molecule has 0 aromatic heterocycles. The summed E-state index contributed by atoms with van der Waals surface area (Å²) in [6.45, 7) is 2.32. The molecule has 1 aromatic rings. The van der Waals surface area contributed by atoms with E-state index in [9.17, 15) is 10.1 Å². The van der Waals surface area contributed by atoms with Crippen LogP contribution < -0.4 is 16.0 Å². The Kier molecular flexibility index (Phi) is 4.36. The minimum absolute atomic E-state index is 0.0351. The van der Waals surface area contributed by atoms with Crippen molar-refractivity contribution >= 4 is 34.6 Å². The monoisotopic (exact) mass is 314 g/mol. The lowest BCUT2D eigenvalue weighted by Crippen LogP contribution is -2.16. The Hall–Kier alpha value is -1.92. The van der Waals surface area contributed by atoms with Crippen molar-refractivity contribution in [1.82, 2.24) is 5.32 Å². The predicted octanol–water partition coefficient (Wildman–Crippen LogP) is 3.23. The summed E-state index contributed by atoms with van der Waals surface area (Å²) in [4.78, 5) is 10.7. The third-order valence-corrected chi connectivity index (χ3v) is 3.39. The summed E-state index contributed by atoms with van der Waals surface area (Å²) in [5.74, 6) is 0.192. The van der Waals surface area contributed by atoms with Gasteiger partial charge < -0.3 is 16.0 Å². The minimum Gasteiger partial charge on any atom is -0.375 e. The number of nitro groups is 1. The van der Waals surface area contributed by atoms with Crippen molar-refractivity contribution < 1.29 is 4.92 Å². The molecular formula is C12H12Cl2N4O2. The van der Waals surface area contributed by atoms with Gasteiger partial charge in [-0.3, -0.25) is 10.1 Å². The molecule has 0 fully saturated rings. The molecule has 1 heterocycles. The van der Waals surface area contributed by atoms with Crippen molar-refractivity contribution in [1.29, 1.82) is 0 Å². The molecule has 3 N–H and O–H groups in total. The van der Waals surface area contributed by atoms with E-state index in [4.69, 9.17) is 23.2 Å². The fourth-order valence-electron chi connectivity index (χ4n) is 1.74. The van der Waals surface area contributed by atoms with E-state index in [2.05, 4.69) is 16.0 Å². The van der Waals surface area contributed by atoms with Crippen LogP contribution in [0, 0.1) is 10.1 Å². The standard InChI is InChI=1S/C12H12Cl2N4O2/c1-2-15-11(14)9(13)10(18(19)20)12-16-7-5-3-4-6-8(7)17-12/h3-6,15-17H,2H2,1H3/b11-9+. The normalized spacial score (nSPS) is 13.8. The zero-order valence-electron chi connectivity index (χ0n) is 10.5. The highest BCUT2D eigenvalue weighted by molar-refractivity contribution is 6.40. The van der Waals surface area contributed by atoms with Crippen LogP contribution in [-0.2, 0) is 0 Å². The van der Waals surface area contributed by atoms with E-state index in [0.29, 0.717) is 6.54 Å². The molecule has 20 heavy (non-hydrogen) atoms. The second-order valence-corrected chi connectivity index (χ2v) is 4.69. The minimum atomic E-state index is -0.580. The highest BCUT2D eigenvalue weighted by Crippen LogP contribution is 2.34. The first-order valence-corrected chi connectivity index (χ1v) is 6.61. The molecule has 6 nitrogen and oxygen atoms in total. The molecule has 1 aromatic carbocycles. The van der Waals surface area contributed by atoms with Gasteiger partial charge in [0.05, 0.1) is 16.3 Å². The van der Waals surface area contributed by atoms with E-state index >= 15 is 0 Å². The number of para-hydroxylation sites is 2. The lowest BCUT2D eigenvalue weighted by atomic mass is 10.3. The Morgan fingerprint density at radius 2 is 1.85 bits per heavy atom. The van der Waals surface area contributed by atoms with E-state index in [1.165, 1.54) is 0 Å². The summed E-state index contributed by atoms with van der Waals surface area (Å²) in [7, 11) is 0. The molecule has 0 amide bonds. The molecule has 0 unspecified atom stereocenters. The van der Waals surface area contributed by atoms with Gasteiger partial charge in [0.15, 0.2) is 10.9 Å². The van der Waals surface area contributed by atoms with Gasteiger partial charge in [0, 0.05) is 6.54 Å². The fraction of sp³-hybridized carbons (Fsp3) is 0.167. The van der Waals surface area contributed by atoms with Crippen molar-refractivity contribution in [3.05, 3.63) is 56.1 Å². The number of fused-ring (bicyclic) bond motifs is 1. The molecule has 8 heteroatoms. The van der Waals surface area contributed by atoms with Crippen LogP contribution in [0.1, 0.15) is 6.92 Å². The maximum atomic E-state index is 11.3. The number of hydrogen-bond donors (Lipinski definition) is 3. The molecule has 0 saturated carbocycles. The molecular weight excluding hydrogens is 303 g/mol. The van der Waals surface area contributed by atoms with Crippen LogP contribution in [0.3, 0.4) is 0 Å². The van der Waals surface area contributed by atoms with E-state index in [-0.39, 0.29) is 21.7 Å². The number of nitrogens with zero attached hydrogens (tertiary/aromatic N) is 1. The molecule has 0 atom stereocenters. The molecule has 2 rings (SSSR count). The van der Waals surface area contributed by atoms with Crippen LogP contribution in [0.15, 0.2) is 46.0 Å².